The van der Waals surface area contributed by atoms with Crippen LogP contribution in [0.25, 0.3) is 0 Å². The van der Waals surface area contributed by atoms with Crippen molar-refractivity contribution in [1.82, 2.24) is 20.4 Å². The van der Waals surface area contributed by atoms with Crippen LogP contribution in [0.1, 0.15) is 30.0 Å². The number of guanidine groups is 1. The first-order valence-corrected chi connectivity index (χ1v) is 8.23. The lowest BCUT2D eigenvalue weighted by molar-refractivity contribution is 0.570. The quantitative estimate of drug-likeness (QED) is 0.469. The number of aromatic nitrogens is 2. The Balaban J connectivity index is 1.73. The molecule has 0 radical (unpaired) electrons. The van der Waals surface area contributed by atoms with Crippen LogP contribution in [-0.2, 0) is 19.5 Å². The fourth-order valence-electron chi connectivity index (χ4n) is 2.51. The molecule has 2 aromatic rings. The van der Waals surface area contributed by atoms with Gasteiger partial charge in [-0.15, -0.1) is 0 Å². The van der Waals surface area contributed by atoms with E-state index in [-0.39, 0.29) is 0 Å². The van der Waals surface area contributed by atoms with Crippen molar-refractivity contribution >= 4 is 5.96 Å². The summed E-state index contributed by atoms with van der Waals surface area (Å²) >= 11 is 0. The molecule has 23 heavy (non-hydrogen) atoms. The number of benzene rings is 1. The molecule has 5 nitrogen and oxygen atoms in total. The zero-order chi connectivity index (χ0) is 16.5. The van der Waals surface area contributed by atoms with Crippen molar-refractivity contribution in [3.63, 3.8) is 0 Å². The molecule has 0 amide bonds. The van der Waals surface area contributed by atoms with Gasteiger partial charge in [-0.25, -0.2) is 0 Å². The van der Waals surface area contributed by atoms with Gasteiger partial charge in [0.25, 0.3) is 0 Å². The van der Waals surface area contributed by atoms with Gasteiger partial charge in [-0.05, 0) is 36.5 Å². The standard InChI is InChI=1S/C18H27N5/c1-4-16-8-5-6-9-17(16)13-21-18(19-3)20-10-7-11-23-14-15(2)12-22-23/h5-6,8-9,12,14H,4,7,10-11,13H2,1-3H3,(H2,19,20,21). The molecule has 0 aliphatic carbocycles. The van der Waals surface area contributed by atoms with Crippen molar-refractivity contribution in [3.8, 4) is 0 Å². The summed E-state index contributed by atoms with van der Waals surface area (Å²) in [7, 11) is 1.80. The maximum atomic E-state index is 4.29. The predicted octanol–water partition coefficient (Wildman–Crippen LogP) is 2.51. The lowest BCUT2D eigenvalue weighted by Crippen LogP contribution is -2.37. The molecule has 0 aliphatic rings. The molecule has 0 spiro atoms. The number of rotatable bonds is 7. The molecule has 0 aliphatic heterocycles. The second-order valence-corrected chi connectivity index (χ2v) is 5.61. The fraction of sp³-hybridized carbons (Fsp3) is 0.444. The zero-order valence-electron chi connectivity index (χ0n) is 14.3. The van der Waals surface area contributed by atoms with Crippen LogP contribution >= 0.6 is 0 Å². The van der Waals surface area contributed by atoms with Gasteiger partial charge >= 0.3 is 0 Å². The van der Waals surface area contributed by atoms with Gasteiger partial charge in [0, 0.05) is 32.9 Å². The summed E-state index contributed by atoms with van der Waals surface area (Å²) in [5.74, 6) is 0.840. The Labute approximate surface area is 138 Å². The molecule has 0 unspecified atom stereocenters. The number of nitrogens with zero attached hydrogens (tertiary/aromatic N) is 3. The fourth-order valence-corrected chi connectivity index (χ4v) is 2.51. The van der Waals surface area contributed by atoms with Crippen molar-refractivity contribution < 1.29 is 0 Å². The molecule has 1 aromatic heterocycles. The van der Waals surface area contributed by atoms with E-state index >= 15 is 0 Å². The van der Waals surface area contributed by atoms with Crippen LogP contribution in [0.5, 0.6) is 0 Å². The highest BCUT2D eigenvalue weighted by atomic mass is 15.3. The van der Waals surface area contributed by atoms with Gasteiger partial charge in [0.15, 0.2) is 5.96 Å². The molecule has 5 heteroatoms. The van der Waals surface area contributed by atoms with E-state index in [0.29, 0.717) is 0 Å². The zero-order valence-corrected chi connectivity index (χ0v) is 14.3. The molecule has 1 aromatic carbocycles. The first-order valence-electron chi connectivity index (χ1n) is 8.23. The number of hydrogen-bond acceptors (Lipinski definition) is 2. The van der Waals surface area contributed by atoms with E-state index in [1.807, 2.05) is 10.9 Å². The van der Waals surface area contributed by atoms with Crippen LogP contribution in [0.15, 0.2) is 41.7 Å². The maximum Gasteiger partial charge on any atom is 0.191 e. The second kappa shape index (κ2) is 8.98. The normalized spacial score (nSPS) is 11.5. The molecule has 2 N–H and O–H groups in total. The van der Waals surface area contributed by atoms with Crippen LogP contribution in [-0.4, -0.2) is 29.3 Å². The van der Waals surface area contributed by atoms with E-state index in [2.05, 4.69) is 65.0 Å². The van der Waals surface area contributed by atoms with Gasteiger partial charge in [-0.3, -0.25) is 9.67 Å². The first kappa shape index (κ1) is 17.1. The van der Waals surface area contributed by atoms with Crippen LogP contribution < -0.4 is 10.6 Å². The third-order valence-electron chi connectivity index (χ3n) is 3.79. The number of nitrogens with one attached hydrogen (secondary N) is 2. The SMILES string of the molecule is CCc1ccccc1CNC(=NC)NCCCn1cc(C)cn1. The number of aryl methyl sites for hydroxylation is 3. The Hall–Kier alpha value is -2.30. The van der Waals surface area contributed by atoms with Gasteiger partial charge in [0.05, 0.1) is 6.20 Å². The van der Waals surface area contributed by atoms with Crippen LogP contribution in [0, 0.1) is 6.92 Å². The van der Waals surface area contributed by atoms with Crippen molar-refractivity contribution in [3.05, 3.63) is 53.3 Å². The Kier molecular flexibility index (Phi) is 6.66. The Morgan fingerprint density at radius 2 is 2.00 bits per heavy atom. The number of aliphatic imine (C=N–C) groups is 1. The van der Waals surface area contributed by atoms with Crippen molar-refractivity contribution in [1.29, 1.82) is 0 Å². The van der Waals surface area contributed by atoms with Crippen molar-refractivity contribution in [2.45, 2.75) is 39.8 Å². The second-order valence-electron chi connectivity index (χ2n) is 5.61. The highest BCUT2D eigenvalue weighted by Gasteiger charge is 2.02. The minimum atomic E-state index is 0.794. The third kappa shape index (κ3) is 5.43. The molecule has 124 valence electrons. The van der Waals surface area contributed by atoms with E-state index in [0.717, 1.165) is 38.4 Å². The summed E-state index contributed by atoms with van der Waals surface area (Å²) in [6.45, 7) is 6.82. The van der Waals surface area contributed by atoms with E-state index in [1.165, 1.54) is 16.7 Å². The minimum absolute atomic E-state index is 0.794. The molecule has 0 saturated heterocycles. The molecule has 0 atom stereocenters. The Morgan fingerprint density at radius 1 is 1.22 bits per heavy atom. The van der Waals surface area contributed by atoms with E-state index in [9.17, 15) is 0 Å². The van der Waals surface area contributed by atoms with Gasteiger partial charge < -0.3 is 10.6 Å². The van der Waals surface area contributed by atoms with E-state index < -0.39 is 0 Å². The average Bonchev–Trinajstić information content (AvgIpc) is 3.00. The molecule has 0 bridgehead atoms. The smallest absolute Gasteiger partial charge is 0.191 e. The van der Waals surface area contributed by atoms with Crippen molar-refractivity contribution in [2.24, 2.45) is 4.99 Å². The number of hydrogen-bond donors (Lipinski definition) is 2. The molecule has 2 rings (SSSR count). The molecule has 0 fully saturated rings. The highest BCUT2D eigenvalue weighted by molar-refractivity contribution is 5.79. The average molecular weight is 313 g/mol. The van der Waals surface area contributed by atoms with Gasteiger partial charge in [0.1, 0.15) is 0 Å². The lowest BCUT2D eigenvalue weighted by Gasteiger charge is -2.13. The Morgan fingerprint density at radius 3 is 2.65 bits per heavy atom. The molecular weight excluding hydrogens is 286 g/mol. The highest BCUT2D eigenvalue weighted by Crippen LogP contribution is 2.08. The molecular formula is C18H27N5. The van der Waals surface area contributed by atoms with Gasteiger partial charge in [-0.2, -0.15) is 5.10 Å². The topological polar surface area (TPSA) is 54.2 Å². The summed E-state index contributed by atoms with van der Waals surface area (Å²) in [5, 5.41) is 11.0. The van der Waals surface area contributed by atoms with Crippen molar-refractivity contribution in [2.75, 3.05) is 13.6 Å². The molecule has 0 saturated carbocycles. The summed E-state index contributed by atoms with van der Waals surface area (Å²) in [4.78, 5) is 4.28. The third-order valence-corrected chi connectivity index (χ3v) is 3.79. The lowest BCUT2D eigenvalue weighted by atomic mass is 10.1. The summed E-state index contributed by atoms with van der Waals surface area (Å²) in [5.41, 5.74) is 3.90. The van der Waals surface area contributed by atoms with Crippen LogP contribution in [0.2, 0.25) is 0 Å². The van der Waals surface area contributed by atoms with Gasteiger partial charge in [0.2, 0.25) is 0 Å². The van der Waals surface area contributed by atoms with Gasteiger partial charge in [-0.1, -0.05) is 31.2 Å². The molecule has 1 heterocycles. The maximum absolute atomic E-state index is 4.29. The summed E-state index contributed by atoms with van der Waals surface area (Å²) in [6.07, 6.45) is 6.01. The minimum Gasteiger partial charge on any atom is -0.356 e. The largest absolute Gasteiger partial charge is 0.356 e. The summed E-state index contributed by atoms with van der Waals surface area (Å²) in [6, 6.07) is 8.52. The predicted molar refractivity (Wildman–Crippen MR) is 95.6 cm³/mol. The first-order chi connectivity index (χ1) is 11.2. The monoisotopic (exact) mass is 313 g/mol. The van der Waals surface area contributed by atoms with E-state index in [4.69, 9.17) is 0 Å². The van der Waals surface area contributed by atoms with E-state index in [1.54, 1.807) is 7.05 Å². The Bertz CT molecular complexity index is 630. The summed E-state index contributed by atoms with van der Waals surface area (Å²) < 4.78 is 1.98. The van der Waals surface area contributed by atoms with Crippen LogP contribution in [0.3, 0.4) is 0 Å². The van der Waals surface area contributed by atoms with Crippen LogP contribution in [0.4, 0.5) is 0 Å².